The van der Waals surface area contributed by atoms with Crippen molar-refractivity contribution in [2.24, 2.45) is 0 Å². The van der Waals surface area contributed by atoms with Crippen LogP contribution >= 0.6 is 0 Å². The van der Waals surface area contributed by atoms with Crippen LogP contribution in [-0.4, -0.2) is 43.9 Å². The fourth-order valence-electron chi connectivity index (χ4n) is 3.65. The molecule has 134 valence electrons. The van der Waals surface area contributed by atoms with Gasteiger partial charge in [-0.15, -0.1) is 0 Å². The molecule has 1 amide bonds. The number of likely N-dealkylation sites (tertiary alicyclic amines) is 1. The van der Waals surface area contributed by atoms with Crippen molar-refractivity contribution in [3.05, 3.63) is 60.0 Å². The maximum absolute atomic E-state index is 12.9. The van der Waals surface area contributed by atoms with E-state index in [9.17, 15) is 4.79 Å². The molecule has 1 aromatic carbocycles. The van der Waals surface area contributed by atoms with E-state index in [1.807, 2.05) is 30.0 Å². The molecule has 1 N–H and O–H groups in total. The number of aromatic amines is 1. The Balaban J connectivity index is 1.51. The number of nitrogens with one attached hydrogen (secondary N) is 1. The number of carbonyl (C=O) groups excluding carboxylic acids is 1. The van der Waals surface area contributed by atoms with E-state index in [4.69, 9.17) is 0 Å². The Hall–Kier alpha value is -2.89. The summed E-state index contributed by atoms with van der Waals surface area (Å²) in [5.41, 5.74) is 3.83. The maximum Gasteiger partial charge on any atom is 0.272 e. The largest absolute Gasteiger partial charge is 0.337 e. The van der Waals surface area contributed by atoms with Gasteiger partial charge in [0, 0.05) is 43.0 Å². The lowest BCUT2D eigenvalue weighted by molar-refractivity contribution is 0.0693. The fraction of sp³-hybridized carbons (Fsp3) is 0.350. The zero-order valence-electron chi connectivity index (χ0n) is 14.9. The number of piperidine rings is 1. The minimum absolute atomic E-state index is 0.0665. The van der Waals surface area contributed by atoms with Crippen LogP contribution in [0.25, 0.3) is 11.3 Å². The minimum atomic E-state index is 0.0665. The molecule has 6 nitrogen and oxygen atoms in total. The Morgan fingerprint density at radius 2 is 2.12 bits per heavy atom. The SMILES string of the molecule is CCn1nccc1C(=O)N1CCCC(c2cc(-c3ccccc3)n[nH]2)C1. The smallest absolute Gasteiger partial charge is 0.272 e. The molecule has 6 heteroatoms. The monoisotopic (exact) mass is 349 g/mol. The zero-order valence-corrected chi connectivity index (χ0v) is 14.9. The molecule has 1 atom stereocenters. The highest BCUT2D eigenvalue weighted by Crippen LogP contribution is 2.29. The van der Waals surface area contributed by atoms with Gasteiger partial charge in [-0.05, 0) is 31.9 Å². The first-order valence-electron chi connectivity index (χ1n) is 9.18. The Morgan fingerprint density at radius 3 is 2.92 bits per heavy atom. The number of benzene rings is 1. The normalized spacial score (nSPS) is 17.4. The first kappa shape index (κ1) is 16.6. The van der Waals surface area contributed by atoms with E-state index in [2.05, 4.69) is 33.5 Å². The van der Waals surface area contributed by atoms with Crippen molar-refractivity contribution in [1.82, 2.24) is 24.9 Å². The van der Waals surface area contributed by atoms with Crippen molar-refractivity contribution in [2.75, 3.05) is 13.1 Å². The molecular formula is C20H23N5O. The van der Waals surface area contributed by atoms with Gasteiger partial charge >= 0.3 is 0 Å². The van der Waals surface area contributed by atoms with Crippen LogP contribution < -0.4 is 0 Å². The highest BCUT2D eigenvalue weighted by molar-refractivity contribution is 5.92. The first-order valence-corrected chi connectivity index (χ1v) is 9.18. The Bertz CT molecular complexity index is 883. The Kier molecular flexibility index (Phi) is 4.56. The van der Waals surface area contributed by atoms with Gasteiger partial charge in [0.15, 0.2) is 0 Å². The van der Waals surface area contributed by atoms with E-state index >= 15 is 0 Å². The summed E-state index contributed by atoms with van der Waals surface area (Å²) in [6.45, 7) is 4.21. The van der Waals surface area contributed by atoms with Crippen LogP contribution in [0.2, 0.25) is 0 Å². The van der Waals surface area contributed by atoms with Gasteiger partial charge < -0.3 is 4.90 Å². The molecule has 0 bridgehead atoms. The number of H-pyrrole nitrogens is 1. The molecule has 0 radical (unpaired) electrons. The molecule has 0 spiro atoms. The van der Waals surface area contributed by atoms with E-state index in [1.54, 1.807) is 16.9 Å². The van der Waals surface area contributed by atoms with Gasteiger partial charge in [-0.3, -0.25) is 14.6 Å². The van der Waals surface area contributed by atoms with Crippen molar-refractivity contribution >= 4 is 5.91 Å². The number of carbonyl (C=O) groups is 1. The number of hydrogen-bond donors (Lipinski definition) is 1. The van der Waals surface area contributed by atoms with Crippen molar-refractivity contribution in [2.45, 2.75) is 32.2 Å². The number of rotatable bonds is 4. The molecule has 2 aromatic heterocycles. The first-order chi connectivity index (χ1) is 12.8. The lowest BCUT2D eigenvalue weighted by Crippen LogP contribution is -2.40. The van der Waals surface area contributed by atoms with Gasteiger partial charge in [0.2, 0.25) is 0 Å². The summed E-state index contributed by atoms with van der Waals surface area (Å²) in [5, 5.41) is 11.9. The second-order valence-electron chi connectivity index (χ2n) is 6.70. The molecule has 1 unspecified atom stereocenters. The van der Waals surface area contributed by atoms with Gasteiger partial charge in [-0.2, -0.15) is 10.2 Å². The second kappa shape index (κ2) is 7.15. The molecule has 3 aromatic rings. The van der Waals surface area contributed by atoms with Crippen molar-refractivity contribution in [3.8, 4) is 11.3 Å². The van der Waals surface area contributed by atoms with E-state index < -0.39 is 0 Å². The van der Waals surface area contributed by atoms with Crippen molar-refractivity contribution < 1.29 is 4.79 Å². The molecule has 0 saturated carbocycles. The molecule has 1 aliphatic heterocycles. The lowest BCUT2D eigenvalue weighted by atomic mass is 9.94. The highest BCUT2D eigenvalue weighted by atomic mass is 16.2. The lowest BCUT2D eigenvalue weighted by Gasteiger charge is -2.32. The number of aryl methyl sites for hydroxylation is 1. The molecule has 3 heterocycles. The molecule has 0 aliphatic carbocycles. The summed E-state index contributed by atoms with van der Waals surface area (Å²) >= 11 is 0. The van der Waals surface area contributed by atoms with E-state index in [1.165, 1.54) is 0 Å². The third kappa shape index (κ3) is 3.14. The standard InChI is InChI=1S/C20H23N5O/c1-2-25-19(10-11-21-25)20(26)24-12-6-9-16(14-24)18-13-17(22-23-18)15-7-4-3-5-8-15/h3-5,7-8,10-11,13,16H,2,6,9,12,14H2,1H3,(H,22,23). The van der Waals surface area contributed by atoms with Crippen LogP contribution in [0.5, 0.6) is 0 Å². The molecule has 26 heavy (non-hydrogen) atoms. The molecular weight excluding hydrogens is 326 g/mol. The summed E-state index contributed by atoms with van der Waals surface area (Å²) in [5.74, 6) is 0.354. The fourth-order valence-corrected chi connectivity index (χ4v) is 3.65. The summed E-state index contributed by atoms with van der Waals surface area (Å²) in [4.78, 5) is 14.8. The van der Waals surface area contributed by atoms with Crippen LogP contribution in [0, 0.1) is 0 Å². The van der Waals surface area contributed by atoms with Crippen LogP contribution in [0.4, 0.5) is 0 Å². The van der Waals surface area contributed by atoms with Gasteiger partial charge in [0.25, 0.3) is 5.91 Å². The predicted octanol–water partition coefficient (Wildman–Crippen LogP) is 3.31. The zero-order chi connectivity index (χ0) is 17.9. The summed E-state index contributed by atoms with van der Waals surface area (Å²) in [6, 6.07) is 14.1. The van der Waals surface area contributed by atoms with Gasteiger partial charge in [-0.1, -0.05) is 30.3 Å². The second-order valence-corrected chi connectivity index (χ2v) is 6.70. The van der Waals surface area contributed by atoms with Crippen LogP contribution in [0.15, 0.2) is 48.7 Å². The topological polar surface area (TPSA) is 66.8 Å². The minimum Gasteiger partial charge on any atom is -0.337 e. The summed E-state index contributed by atoms with van der Waals surface area (Å²) < 4.78 is 1.76. The average Bonchev–Trinajstić information content (AvgIpc) is 3.37. The quantitative estimate of drug-likeness (QED) is 0.786. The van der Waals surface area contributed by atoms with E-state index in [-0.39, 0.29) is 11.8 Å². The Labute approximate surface area is 152 Å². The highest BCUT2D eigenvalue weighted by Gasteiger charge is 2.28. The maximum atomic E-state index is 12.9. The summed E-state index contributed by atoms with van der Waals surface area (Å²) in [6.07, 6.45) is 3.75. The molecule has 1 fully saturated rings. The number of aromatic nitrogens is 4. The van der Waals surface area contributed by atoms with Gasteiger partial charge in [0.1, 0.15) is 5.69 Å². The average molecular weight is 349 g/mol. The molecule has 1 saturated heterocycles. The third-order valence-electron chi connectivity index (χ3n) is 5.05. The van der Waals surface area contributed by atoms with Crippen molar-refractivity contribution in [3.63, 3.8) is 0 Å². The van der Waals surface area contributed by atoms with Gasteiger partial charge in [-0.25, -0.2) is 0 Å². The van der Waals surface area contributed by atoms with Gasteiger partial charge in [0.05, 0.1) is 5.69 Å². The molecule has 4 rings (SSSR count). The van der Waals surface area contributed by atoms with Crippen molar-refractivity contribution in [1.29, 1.82) is 0 Å². The number of amides is 1. The summed E-state index contributed by atoms with van der Waals surface area (Å²) in [7, 11) is 0. The number of hydrogen-bond acceptors (Lipinski definition) is 3. The number of nitrogens with zero attached hydrogens (tertiary/aromatic N) is 4. The third-order valence-corrected chi connectivity index (χ3v) is 5.05. The van der Waals surface area contributed by atoms with Crippen LogP contribution in [0.1, 0.15) is 41.9 Å². The predicted molar refractivity (Wildman–Crippen MR) is 99.8 cm³/mol. The van der Waals surface area contributed by atoms with E-state index in [0.717, 1.165) is 36.3 Å². The van der Waals surface area contributed by atoms with E-state index in [0.29, 0.717) is 18.8 Å². The Morgan fingerprint density at radius 1 is 1.27 bits per heavy atom. The van der Waals surface area contributed by atoms with Crippen LogP contribution in [-0.2, 0) is 6.54 Å². The molecule has 1 aliphatic rings. The van der Waals surface area contributed by atoms with Crippen LogP contribution in [0.3, 0.4) is 0 Å².